The molecule has 0 unspecified atom stereocenters. The highest BCUT2D eigenvalue weighted by molar-refractivity contribution is 7.16. The van der Waals surface area contributed by atoms with Crippen LogP contribution in [0, 0.1) is 12.8 Å². The third kappa shape index (κ3) is 4.95. The maximum absolute atomic E-state index is 13.4. The fraction of sp³-hybridized carbons (Fsp3) is 0.593. The van der Waals surface area contributed by atoms with Crippen LogP contribution in [0.4, 0.5) is 16.8 Å². The topological polar surface area (TPSA) is 113 Å². The Morgan fingerprint density at radius 2 is 1.95 bits per heavy atom. The Balaban J connectivity index is 1.07. The fourth-order valence-electron chi connectivity index (χ4n) is 5.65. The van der Waals surface area contributed by atoms with Crippen molar-refractivity contribution in [2.24, 2.45) is 5.92 Å². The molecule has 10 nitrogen and oxygen atoms in total. The van der Waals surface area contributed by atoms with Gasteiger partial charge in [0.2, 0.25) is 5.95 Å². The first-order chi connectivity index (χ1) is 18.6. The lowest BCUT2D eigenvalue weighted by molar-refractivity contribution is 0.0951. The van der Waals surface area contributed by atoms with Gasteiger partial charge in [0, 0.05) is 42.6 Å². The zero-order chi connectivity index (χ0) is 25.6. The van der Waals surface area contributed by atoms with Crippen LogP contribution in [0.1, 0.15) is 71.1 Å². The van der Waals surface area contributed by atoms with E-state index in [1.165, 1.54) is 36.1 Å². The molecule has 3 aliphatic carbocycles. The van der Waals surface area contributed by atoms with E-state index >= 15 is 0 Å². The Bertz CT molecular complexity index is 1310. The number of fused-ring (bicyclic) bond motifs is 1. The Morgan fingerprint density at radius 1 is 1.05 bits per heavy atom. The first kappa shape index (κ1) is 23.9. The molecule has 200 valence electrons. The van der Waals surface area contributed by atoms with Gasteiger partial charge in [-0.3, -0.25) is 9.36 Å². The highest BCUT2D eigenvalue weighted by atomic mass is 32.1. The van der Waals surface area contributed by atoms with Crippen LogP contribution in [0.15, 0.2) is 18.5 Å². The van der Waals surface area contributed by atoms with Crippen molar-refractivity contribution in [2.75, 3.05) is 35.2 Å². The van der Waals surface area contributed by atoms with Crippen molar-refractivity contribution < 1.29 is 4.79 Å². The van der Waals surface area contributed by atoms with Gasteiger partial charge in [0.15, 0.2) is 5.82 Å². The van der Waals surface area contributed by atoms with Crippen LogP contribution in [0.2, 0.25) is 0 Å². The summed E-state index contributed by atoms with van der Waals surface area (Å²) in [6.07, 6.45) is 10.5. The molecule has 3 aromatic heterocycles. The molecule has 1 amide bonds. The molecule has 38 heavy (non-hydrogen) atoms. The predicted molar refractivity (Wildman–Crippen MR) is 148 cm³/mol. The number of anilines is 3. The van der Waals surface area contributed by atoms with E-state index in [0.29, 0.717) is 12.0 Å². The van der Waals surface area contributed by atoms with Gasteiger partial charge in [-0.1, -0.05) is 0 Å². The van der Waals surface area contributed by atoms with Crippen molar-refractivity contribution >= 4 is 34.0 Å². The van der Waals surface area contributed by atoms with Crippen molar-refractivity contribution in [3.63, 3.8) is 0 Å². The second kappa shape index (κ2) is 9.83. The molecule has 1 aliphatic heterocycles. The van der Waals surface area contributed by atoms with Crippen LogP contribution in [0.3, 0.4) is 0 Å². The van der Waals surface area contributed by atoms with E-state index in [0.717, 1.165) is 73.3 Å². The van der Waals surface area contributed by atoms with E-state index in [9.17, 15) is 4.79 Å². The zero-order valence-corrected chi connectivity index (χ0v) is 22.6. The van der Waals surface area contributed by atoms with Crippen molar-refractivity contribution in [1.82, 2.24) is 30.3 Å². The van der Waals surface area contributed by atoms with Crippen molar-refractivity contribution in [3.8, 4) is 0 Å². The molecule has 4 aliphatic rings. The monoisotopic (exact) mass is 533 g/mol. The third-order valence-electron chi connectivity index (χ3n) is 8.22. The minimum atomic E-state index is 0.0885. The van der Waals surface area contributed by atoms with E-state index in [2.05, 4.69) is 45.8 Å². The first-order valence-corrected chi connectivity index (χ1v) is 14.8. The van der Waals surface area contributed by atoms with E-state index in [-0.39, 0.29) is 18.0 Å². The molecule has 7 rings (SSSR count). The van der Waals surface area contributed by atoms with Gasteiger partial charge in [-0.05, 0) is 81.9 Å². The highest BCUT2D eigenvalue weighted by Gasteiger charge is 2.34. The van der Waals surface area contributed by atoms with Crippen molar-refractivity contribution in [3.05, 3.63) is 40.2 Å². The molecule has 0 radical (unpaired) electrons. The molecule has 2 atom stereocenters. The smallest absolute Gasteiger partial charge is 0.254 e. The highest BCUT2D eigenvalue weighted by Crippen LogP contribution is 2.43. The standard InChI is InChI=1S/C27H35N9OS/c1-16-2-9-23(33-32-16)35-11-10-19(14-35)31-27-34-29-15-36(27)20-7-8-22-21(12-20)24(25(37)28-13-17-3-4-17)26(38-22)30-18-5-6-18/h2,9,15,17-20,30H,3-8,10-14H2,1H3,(H,28,37)(H,31,34)/t19-,20-/m0/s1. The predicted octanol–water partition coefficient (Wildman–Crippen LogP) is 3.57. The lowest BCUT2D eigenvalue weighted by Crippen LogP contribution is -2.30. The number of thiophene rings is 1. The lowest BCUT2D eigenvalue weighted by atomic mass is 9.91. The number of rotatable bonds is 9. The molecule has 11 heteroatoms. The zero-order valence-electron chi connectivity index (χ0n) is 21.8. The normalized spacial score (nSPS) is 22.8. The number of amides is 1. The molecule has 2 saturated carbocycles. The molecule has 3 N–H and O–H groups in total. The van der Waals surface area contributed by atoms with Crippen LogP contribution in [0.5, 0.6) is 0 Å². The second-order valence-corrected chi connectivity index (χ2v) is 12.5. The maximum atomic E-state index is 13.4. The van der Waals surface area contributed by atoms with Gasteiger partial charge in [-0.15, -0.1) is 26.6 Å². The minimum absolute atomic E-state index is 0.0885. The molecule has 4 heterocycles. The molecular weight excluding hydrogens is 498 g/mol. The summed E-state index contributed by atoms with van der Waals surface area (Å²) in [5.41, 5.74) is 3.03. The number of hydrogen-bond acceptors (Lipinski definition) is 9. The van der Waals surface area contributed by atoms with Gasteiger partial charge >= 0.3 is 0 Å². The molecule has 0 spiro atoms. The average Bonchev–Trinajstić information content (AvgIpc) is 3.79. The summed E-state index contributed by atoms with van der Waals surface area (Å²) < 4.78 is 2.19. The van der Waals surface area contributed by atoms with E-state index in [1.54, 1.807) is 11.3 Å². The van der Waals surface area contributed by atoms with Gasteiger partial charge in [0.25, 0.3) is 5.91 Å². The number of hydrogen-bond donors (Lipinski definition) is 3. The van der Waals surface area contributed by atoms with Crippen LogP contribution >= 0.6 is 11.3 Å². The Kier molecular flexibility index (Phi) is 6.18. The Hall–Kier alpha value is -3.21. The fourth-order valence-corrected chi connectivity index (χ4v) is 6.97. The quantitative estimate of drug-likeness (QED) is 0.383. The average molecular weight is 534 g/mol. The molecular formula is C27H35N9OS. The van der Waals surface area contributed by atoms with Gasteiger partial charge in [0.1, 0.15) is 11.3 Å². The first-order valence-electron chi connectivity index (χ1n) is 14.0. The van der Waals surface area contributed by atoms with Crippen molar-refractivity contribution in [2.45, 2.75) is 76.4 Å². The minimum Gasteiger partial charge on any atom is -0.374 e. The summed E-state index contributed by atoms with van der Waals surface area (Å²) in [5, 5.41) is 28.9. The maximum Gasteiger partial charge on any atom is 0.254 e. The van der Waals surface area contributed by atoms with Crippen molar-refractivity contribution in [1.29, 1.82) is 0 Å². The van der Waals surface area contributed by atoms with E-state index in [1.807, 2.05) is 25.4 Å². The molecule has 3 fully saturated rings. The number of carbonyl (C=O) groups is 1. The molecule has 0 aromatic carbocycles. The van der Waals surface area contributed by atoms with Gasteiger partial charge < -0.3 is 20.9 Å². The Morgan fingerprint density at radius 3 is 2.74 bits per heavy atom. The van der Waals surface area contributed by atoms with Gasteiger partial charge in [0.05, 0.1) is 11.3 Å². The van der Waals surface area contributed by atoms with Crippen LogP contribution in [0.25, 0.3) is 0 Å². The number of nitrogens with one attached hydrogen (secondary N) is 3. The summed E-state index contributed by atoms with van der Waals surface area (Å²) in [5.74, 6) is 2.48. The number of carbonyl (C=O) groups excluding carboxylic acids is 1. The number of nitrogens with zero attached hydrogens (tertiary/aromatic N) is 6. The van der Waals surface area contributed by atoms with Crippen LogP contribution < -0.4 is 20.9 Å². The van der Waals surface area contributed by atoms with E-state index < -0.39 is 0 Å². The van der Waals surface area contributed by atoms with Gasteiger partial charge in [-0.25, -0.2) is 0 Å². The SMILES string of the molecule is Cc1ccc(N2CC[C@H](Nc3nncn3[C@H]3CCc4sc(NC5CC5)c(C(=O)NCC5CC5)c4C3)C2)nn1. The van der Waals surface area contributed by atoms with Crippen LogP contribution in [-0.4, -0.2) is 62.6 Å². The molecule has 1 saturated heterocycles. The second-order valence-electron chi connectivity index (χ2n) is 11.3. The summed E-state index contributed by atoms with van der Waals surface area (Å²) in [6, 6.07) is 5.05. The summed E-state index contributed by atoms with van der Waals surface area (Å²) in [6.45, 7) is 4.53. The Labute approximate surface area is 226 Å². The van der Waals surface area contributed by atoms with E-state index in [4.69, 9.17) is 0 Å². The molecule has 0 bridgehead atoms. The number of aryl methyl sites for hydroxylation is 2. The third-order valence-corrected chi connectivity index (χ3v) is 9.44. The molecule has 3 aromatic rings. The number of aromatic nitrogens is 5. The van der Waals surface area contributed by atoms with Gasteiger partial charge in [-0.2, -0.15) is 5.10 Å². The van der Waals surface area contributed by atoms with Crippen LogP contribution in [-0.2, 0) is 12.8 Å². The summed E-state index contributed by atoms with van der Waals surface area (Å²) in [7, 11) is 0. The summed E-state index contributed by atoms with van der Waals surface area (Å²) >= 11 is 1.79. The summed E-state index contributed by atoms with van der Waals surface area (Å²) in [4.78, 5) is 17.0. The lowest BCUT2D eigenvalue weighted by Gasteiger charge is -2.26. The largest absolute Gasteiger partial charge is 0.374 e.